The zero-order valence-electron chi connectivity index (χ0n) is 23.2. The average Bonchev–Trinajstić information content (AvgIpc) is 3.01. The third kappa shape index (κ3) is 7.03. The number of thiocarbonyl (C=S) groups is 1. The van der Waals surface area contributed by atoms with E-state index in [-0.39, 0.29) is 27.8 Å². The Labute approximate surface area is 258 Å². The Bertz CT molecular complexity index is 1560. The molecule has 0 aromatic heterocycles. The first kappa shape index (κ1) is 30.2. The number of hydrogen-bond donors (Lipinski definition) is 2. The van der Waals surface area contributed by atoms with Crippen molar-refractivity contribution in [3.63, 3.8) is 0 Å². The summed E-state index contributed by atoms with van der Waals surface area (Å²) >= 11 is 11.8. The molecule has 0 spiro atoms. The molecule has 0 saturated carbocycles. The fraction of sp³-hybridized carbons (Fsp3) is 0.300. The lowest BCUT2D eigenvalue weighted by Gasteiger charge is -2.37. The minimum absolute atomic E-state index is 0.00187. The molecule has 3 aromatic carbocycles. The number of benzene rings is 3. The van der Waals surface area contributed by atoms with Crippen molar-refractivity contribution in [1.82, 2.24) is 10.2 Å². The van der Waals surface area contributed by atoms with Crippen molar-refractivity contribution in [2.24, 2.45) is 0 Å². The average molecular weight is 625 g/mol. The van der Waals surface area contributed by atoms with Gasteiger partial charge in [-0.3, -0.25) is 25.0 Å². The number of nitrogens with one attached hydrogen (secondary N) is 2. The number of amides is 2. The summed E-state index contributed by atoms with van der Waals surface area (Å²) in [6, 6.07) is 15.4. The van der Waals surface area contributed by atoms with Crippen LogP contribution in [0.4, 0.5) is 27.1 Å². The molecule has 0 bridgehead atoms. The number of rotatable bonds is 6. The van der Waals surface area contributed by atoms with E-state index in [1.54, 1.807) is 35.2 Å². The van der Waals surface area contributed by atoms with Gasteiger partial charge in [0.1, 0.15) is 5.82 Å². The van der Waals surface area contributed by atoms with Gasteiger partial charge in [0.15, 0.2) is 5.11 Å². The minimum atomic E-state index is -0.564. The highest BCUT2D eigenvalue weighted by atomic mass is 35.5. The summed E-state index contributed by atoms with van der Waals surface area (Å²) in [6.45, 7) is 3.22. The summed E-state index contributed by atoms with van der Waals surface area (Å²) in [6.07, 6.45) is 3.04. The molecule has 2 saturated heterocycles. The molecular formula is C30H30ClFN6O4S. The highest BCUT2D eigenvalue weighted by molar-refractivity contribution is 7.80. The van der Waals surface area contributed by atoms with Gasteiger partial charge < -0.3 is 20.0 Å². The van der Waals surface area contributed by atoms with Crippen molar-refractivity contribution in [3.05, 3.63) is 92.7 Å². The fourth-order valence-corrected chi connectivity index (χ4v) is 5.77. The molecule has 10 nitrogen and oxygen atoms in total. The van der Waals surface area contributed by atoms with Gasteiger partial charge in [0.05, 0.1) is 33.1 Å². The van der Waals surface area contributed by atoms with Crippen LogP contribution in [0.1, 0.15) is 40.0 Å². The van der Waals surface area contributed by atoms with E-state index in [1.165, 1.54) is 24.3 Å². The number of halogens is 2. The van der Waals surface area contributed by atoms with Crippen LogP contribution in [0.3, 0.4) is 0 Å². The summed E-state index contributed by atoms with van der Waals surface area (Å²) in [5.74, 6) is -1.48. The molecule has 0 atom stereocenters. The van der Waals surface area contributed by atoms with Crippen LogP contribution in [0, 0.1) is 15.9 Å². The second-order valence-electron chi connectivity index (χ2n) is 10.3. The Morgan fingerprint density at radius 1 is 0.860 bits per heavy atom. The van der Waals surface area contributed by atoms with Crippen molar-refractivity contribution in [1.29, 1.82) is 0 Å². The van der Waals surface area contributed by atoms with Crippen LogP contribution in [0.2, 0.25) is 5.02 Å². The normalized spacial score (nSPS) is 15.2. The fourth-order valence-electron chi connectivity index (χ4n) is 5.39. The quantitative estimate of drug-likeness (QED) is 0.211. The van der Waals surface area contributed by atoms with Crippen molar-refractivity contribution in [2.45, 2.75) is 19.3 Å². The first-order valence-electron chi connectivity index (χ1n) is 14.0. The number of non-ortho nitro benzene ring substituents is 1. The van der Waals surface area contributed by atoms with Crippen LogP contribution in [0.25, 0.3) is 0 Å². The number of carbonyl (C=O) groups excluding carboxylic acids is 2. The molecule has 13 heteroatoms. The van der Waals surface area contributed by atoms with Gasteiger partial charge >= 0.3 is 0 Å². The van der Waals surface area contributed by atoms with Crippen molar-refractivity contribution in [3.8, 4) is 0 Å². The van der Waals surface area contributed by atoms with Crippen LogP contribution < -0.4 is 20.4 Å². The smallest absolute Gasteiger partial charge is 0.270 e. The highest BCUT2D eigenvalue weighted by Crippen LogP contribution is 2.31. The third-order valence-electron chi connectivity index (χ3n) is 7.58. The summed E-state index contributed by atoms with van der Waals surface area (Å²) in [7, 11) is 0. The number of nitro benzene ring substituents is 1. The van der Waals surface area contributed by atoms with Gasteiger partial charge in [-0.15, -0.1) is 0 Å². The van der Waals surface area contributed by atoms with Gasteiger partial charge in [0.2, 0.25) is 0 Å². The van der Waals surface area contributed by atoms with Gasteiger partial charge in [-0.25, -0.2) is 4.39 Å². The number of anilines is 3. The molecule has 2 amide bonds. The van der Waals surface area contributed by atoms with Gasteiger partial charge in [-0.2, -0.15) is 0 Å². The minimum Gasteiger partial charge on any atom is -0.371 e. The largest absolute Gasteiger partial charge is 0.371 e. The molecule has 2 aliphatic rings. The van der Waals surface area contributed by atoms with Crippen molar-refractivity contribution >= 4 is 63.5 Å². The Kier molecular flexibility index (Phi) is 9.37. The monoisotopic (exact) mass is 624 g/mol. The number of nitro groups is 1. The maximum absolute atomic E-state index is 14.2. The van der Waals surface area contributed by atoms with Gasteiger partial charge in [0.25, 0.3) is 17.5 Å². The molecule has 3 aromatic rings. The van der Waals surface area contributed by atoms with E-state index in [4.69, 9.17) is 23.8 Å². The maximum Gasteiger partial charge on any atom is 0.270 e. The van der Waals surface area contributed by atoms with E-state index in [0.717, 1.165) is 38.0 Å². The maximum atomic E-state index is 14.2. The van der Waals surface area contributed by atoms with Crippen LogP contribution in [-0.4, -0.2) is 66.0 Å². The number of hydrogen-bond acceptors (Lipinski definition) is 7. The second kappa shape index (κ2) is 13.3. The van der Waals surface area contributed by atoms with E-state index < -0.39 is 16.6 Å². The number of piperidine rings is 1. The first-order chi connectivity index (χ1) is 20.7. The van der Waals surface area contributed by atoms with Crippen LogP contribution in [0.5, 0.6) is 0 Å². The number of nitrogens with zero attached hydrogens (tertiary/aromatic N) is 4. The zero-order valence-corrected chi connectivity index (χ0v) is 24.8. The molecule has 0 radical (unpaired) electrons. The Balaban J connectivity index is 1.28. The summed E-state index contributed by atoms with van der Waals surface area (Å²) < 4.78 is 14.2. The lowest BCUT2D eigenvalue weighted by atomic mass is 10.1. The predicted molar refractivity (Wildman–Crippen MR) is 169 cm³/mol. The molecule has 0 aliphatic carbocycles. The molecule has 0 unspecified atom stereocenters. The Morgan fingerprint density at radius 3 is 2.23 bits per heavy atom. The molecule has 2 N–H and O–H groups in total. The lowest BCUT2D eigenvalue weighted by molar-refractivity contribution is -0.384. The van der Waals surface area contributed by atoms with E-state index in [2.05, 4.69) is 15.5 Å². The highest BCUT2D eigenvalue weighted by Gasteiger charge is 2.26. The van der Waals surface area contributed by atoms with Gasteiger partial charge in [-0.05, 0) is 67.9 Å². The van der Waals surface area contributed by atoms with Gasteiger partial charge in [0, 0.05) is 56.4 Å². The Morgan fingerprint density at radius 2 is 1.53 bits per heavy atom. The third-order valence-corrected chi connectivity index (χ3v) is 8.02. The summed E-state index contributed by atoms with van der Waals surface area (Å²) in [5.41, 5.74) is 1.94. The topological polar surface area (TPSA) is 111 Å². The molecule has 2 aliphatic heterocycles. The van der Waals surface area contributed by atoms with Crippen molar-refractivity contribution in [2.75, 3.05) is 54.4 Å². The molecule has 224 valence electrons. The molecule has 2 fully saturated rings. The second-order valence-corrected chi connectivity index (χ2v) is 11.2. The Hall–Kier alpha value is -4.29. The van der Waals surface area contributed by atoms with E-state index in [0.29, 0.717) is 42.6 Å². The van der Waals surface area contributed by atoms with Crippen LogP contribution >= 0.6 is 23.8 Å². The molecule has 43 heavy (non-hydrogen) atoms. The van der Waals surface area contributed by atoms with Crippen molar-refractivity contribution < 1.29 is 18.9 Å². The molecule has 5 rings (SSSR count). The van der Waals surface area contributed by atoms with Crippen LogP contribution in [-0.2, 0) is 0 Å². The van der Waals surface area contributed by atoms with Crippen LogP contribution in [0.15, 0.2) is 60.7 Å². The van der Waals surface area contributed by atoms with E-state index in [1.807, 2.05) is 11.0 Å². The summed E-state index contributed by atoms with van der Waals surface area (Å²) in [4.78, 5) is 42.9. The first-order valence-corrected chi connectivity index (χ1v) is 14.7. The van der Waals surface area contributed by atoms with Gasteiger partial charge in [-0.1, -0.05) is 23.7 Å². The van der Waals surface area contributed by atoms with E-state index in [9.17, 15) is 24.1 Å². The number of carbonyl (C=O) groups is 2. The standard InChI is InChI=1S/C30H30ClFN6O4S/c31-20-8-10-27(36-14-16-37(17-15-36)29(40)22-6-2-3-7-24(22)32)25(18-20)33-30(43)34-28(39)23-19-21(38(41)42)9-11-26(23)35-12-4-1-5-13-35/h2-3,6-11,18-19H,1,4-5,12-17H2,(H2,33,34,39,43). The number of piperazine rings is 1. The summed E-state index contributed by atoms with van der Waals surface area (Å²) in [5, 5.41) is 17.6. The molecule has 2 heterocycles. The lowest BCUT2D eigenvalue weighted by Crippen LogP contribution is -2.49. The SMILES string of the molecule is O=C(NC(=S)Nc1cc(Cl)ccc1N1CCN(C(=O)c2ccccc2F)CC1)c1cc([N+](=O)[O-])ccc1N1CCCCC1. The zero-order chi connectivity index (χ0) is 30.5. The predicted octanol–water partition coefficient (Wildman–Crippen LogP) is 5.47. The molecular weight excluding hydrogens is 595 g/mol. The van der Waals surface area contributed by atoms with E-state index >= 15 is 0 Å².